The van der Waals surface area contributed by atoms with E-state index in [9.17, 15) is 20.1 Å². The van der Waals surface area contributed by atoms with E-state index in [1.807, 2.05) is 18.2 Å². The van der Waals surface area contributed by atoms with Gasteiger partial charge in [0, 0.05) is 34.6 Å². The fourth-order valence-electron chi connectivity index (χ4n) is 4.43. The normalized spacial score (nSPS) is 10.8. The molecule has 180 valence electrons. The average molecular weight is 491 g/mol. The van der Waals surface area contributed by atoms with Crippen molar-refractivity contribution < 1.29 is 9.13 Å². The number of fused-ring (bicyclic) bond motifs is 2. The molecule has 5 aromatic rings. The molecule has 8 nitrogen and oxygen atoms in total. The molecule has 2 heterocycles. The zero-order chi connectivity index (χ0) is 26.1. The lowest BCUT2D eigenvalue weighted by atomic mass is 9.98. The van der Waals surface area contributed by atoms with Gasteiger partial charge in [-0.3, -0.25) is 14.3 Å². The van der Waals surface area contributed by atoms with Gasteiger partial charge in [0.1, 0.15) is 11.6 Å². The monoisotopic (exact) mass is 491 g/mol. The van der Waals surface area contributed by atoms with Gasteiger partial charge in [0.15, 0.2) is 0 Å². The van der Waals surface area contributed by atoms with E-state index >= 15 is 4.39 Å². The van der Waals surface area contributed by atoms with E-state index in [0.29, 0.717) is 11.1 Å². The molecular weight excluding hydrogens is 473 g/mol. The Hall–Kier alpha value is -5.28. The Morgan fingerprint density at radius 3 is 2.57 bits per heavy atom. The molecule has 0 unspecified atom stereocenters. The smallest absolute Gasteiger partial charge is 0.336 e. The molecule has 9 heteroatoms. The van der Waals surface area contributed by atoms with Gasteiger partial charge in [-0.1, -0.05) is 24.3 Å². The van der Waals surface area contributed by atoms with E-state index < -0.39 is 17.1 Å². The van der Waals surface area contributed by atoms with Crippen molar-refractivity contribution in [1.29, 1.82) is 10.5 Å². The first-order valence-corrected chi connectivity index (χ1v) is 11.3. The third-order valence-corrected chi connectivity index (χ3v) is 6.20. The Balaban J connectivity index is 1.88. The largest absolute Gasteiger partial charge is 0.497 e. The first-order valence-electron chi connectivity index (χ1n) is 11.3. The molecule has 0 aliphatic heterocycles. The van der Waals surface area contributed by atoms with Crippen LogP contribution in [0.4, 0.5) is 4.39 Å². The summed E-state index contributed by atoms with van der Waals surface area (Å²) in [5, 5.41) is 20.1. The quantitative estimate of drug-likeness (QED) is 0.362. The van der Waals surface area contributed by atoms with Crippen LogP contribution in [0.25, 0.3) is 38.5 Å². The van der Waals surface area contributed by atoms with Gasteiger partial charge in [-0.15, -0.1) is 0 Å². The summed E-state index contributed by atoms with van der Waals surface area (Å²) >= 11 is 0. The van der Waals surface area contributed by atoms with Crippen LogP contribution in [0.5, 0.6) is 5.75 Å². The highest BCUT2D eigenvalue weighted by atomic mass is 19.1. The van der Waals surface area contributed by atoms with E-state index in [-0.39, 0.29) is 46.2 Å². The second-order valence-corrected chi connectivity index (χ2v) is 8.24. The molecule has 37 heavy (non-hydrogen) atoms. The average Bonchev–Trinajstić information content (AvgIpc) is 2.93. The number of halogens is 1. The van der Waals surface area contributed by atoms with Gasteiger partial charge < -0.3 is 4.74 Å². The third kappa shape index (κ3) is 3.89. The Morgan fingerprint density at radius 2 is 1.81 bits per heavy atom. The number of rotatable bonds is 5. The number of pyridine rings is 1. The van der Waals surface area contributed by atoms with Crippen LogP contribution in [-0.2, 0) is 6.54 Å². The highest BCUT2D eigenvalue weighted by Crippen LogP contribution is 2.32. The molecule has 0 N–H and O–H groups in total. The van der Waals surface area contributed by atoms with Crippen LogP contribution in [-0.4, -0.2) is 21.2 Å². The van der Waals surface area contributed by atoms with Gasteiger partial charge in [0.2, 0.25) is 0 Å². The van der Waals surface area contributed by atoms with Gasteiger partial charge in [0.25, 0.3) is 5.56 Å². The predicted molar refractivity (Wildman–Crippen MR) is 136 cm³/mol. The number of nitrogens with zero attached hydrogens (tertiary/aromatic N) is 5. The molecule has 0 bridgehead atoms. The summed E-state index contributed by atoms with van der Waals surface area (Å²) in [5.74, 6) is -0.336. The maximum Gasteiger partial charge on any atom is 0.336 e. The van der Waals surface area contributed by atoms with Crippen LogP contribution in [0.3, 0.4) is 0 Å². The summed E-state index contributed by atoms with van der Waals surface area (Å²) in [6.07, 6.45) is 3.01. The van der Waals surface area contributed by atoms with Crippen molar-refractivity contribution in [3.63, 3.8) is 0 Å². The van der Waals surface area contributed by atoms with Gasteiger partial charge in [-0.05, 0) is 30.3 Å². The minimum absolute atomic E-state index is 0.0175. The molecule has 0 fully saturated rings. The maximum absolute atomic E-state index is 15.6. The first-order chi connectivity index (χ1) is 18.0. The standard InChI is InChI=1S/C28H18FN5O3/c1-37-19-8-7-17(14-31)21(11-19)22-13-25-23(12-24(22)29)27(35)34(28(36)33(25)10-4-9-30)26-16-32-15-18-5-2-3-6-20(18)26/h2-3,5-8,11-13,15-16H,4,10H2,1H3. The fraction of sp³-hybridized carbons (Fsp3) is 0.107. The molecule has 0 amide bonds. The highest BCUT2D eigenvalue weighted by Gasteiger charge is 2.20. The van der Waals surface area contributed by atoms with E-state index in [4.69, 9.17) is 4.74 Å². The number of ether oxygens (including phenoxy) is 1. The number of hydrogen-bond donors (Lipinski definition) is 0. The van der Waals surface area contributed by atoms with E-state index in [1.54, 1.807) is 30.5 Å². The Morgan fingerprint density at radius 1 is 1.00 bits per heavy atom. The van der Waals surface area contributed by atoms with E-state index in [2.05, 4.69) is 4.98 Å². The summed E-state index contributed by atoms with van der Waals surface area (Å²) in [6.45, 7) is -0.0292. The summed E-state index contributed by atoms with van der Waals surface area (Å²) in [5.41, 5.74) is -0.528. The lowest BCUT2D eigenvalue weighted by molar-refractivity contribution is 0.415. The van der Waals surface area contributed by atoms with Crippen molar-refractivity contribution in [3.8, 4) is 34.7 Å². The molecular formula is C28H18FN5O3. The second-order valence-electron chi connectivity index (χ2n) is 8.24. The molecule has 0 saturated heterocycles. The fourth-order valence-corrected chi connectivity index (χ4v) is 4.43. The van der Waals surface area contributed by atoms with Gasteiger partial charge in [-0.2, -0.15) is 10.5 Å². The number of methoxy groups -OCH3 is 1. The zero-order valence-electron chi connectivity index (χ0n) is 19.6. The van der Waals surface area contributed by atoms with Crippen LogP contribution < -0.4 is 16.0 Å². The van der Waals surface area contributed by atoms with Crippen LogP contribution in [0.1, 0.15) is 12.0 Å². The van der Waals surface area contributed by atoms with Gasteiger partial charge >= 0.3 is 5.69 Å². The SMILES string of the molecule is COc1ccc(C#N)c(-c2cc3c(cc2F)c(=O)n(-c2cncc4ccccc24)c(=O)n3CCC#N)c1. The minimum atomic E-state index is -0.748. The topological polar surface area (TPSA) is 114 Å². The maximum atomic E-state index is 15.6. The number of benzene rings is 3. The van der Waals surface area contributed by atoms with Crippen molar-refractivity contribution >= 4 is 21.7 Å². The predicted octanol–water partition coefficient (Wildman–Crippen LogP) is 4.30. The first kappa shape index (κ1) is 23.5. The number of hydrogen-bond acceptors (Lipinski definition) is 6. The van der Waals surface area contributed by atoms with Crippen molar-refractivity contribution in [2.24, 2.45) is 0 Å². The molecule has 0 aliphatic carbocycles. The summed E-state index contributed by atoms with van der Waals surface area (Å²) in [4.78, 5) is 31.6. The molecule has 0 saturated carbocycles. The number of aryl methyl sites for hydroxylation is 1. The van der Waals surface area contributed by atoms with Gasteiger partial charge in [-0.25, -0.2) is 13.8 Å². The van der Waals surface area contributed by atoms with E-state index in [1.165, 1.54) is 36.1 Å². The number of aromatic nitrogens is 3. The molecule has 2 aromatic heterocycles. The summed E-state index contributed by atoms with van der Waals surface area (Å²) in [6, 6.07) is 18.2. The van der Waals surface area contributed by atoms with Crippen molar-refractivity contribution in [3.05, 3.63) is 99.2 Å². The van der Waals surface area contributed by atoms with Crippen LogP contribution in [0, 0.1) is 28.5 Å². The molecule has 0 atom stereocenters. The lowest BCUT2D eigenvalue weighted by Crippen LogP contribution is -2.39. The third-order valence-electron chi connectivity index (χ3n) is 6.20. The Labute approximate surface area is 209 Å². The lowest BCUT2D eigenvalue weighted by Gasteiger charge is -2.16. The molecule has 3 aromatic carbocycles. The Bertz CT molecular complexity index is 1910. The molecule has 5 rings (SSSR count). The Kier molecular flexibility index (Phi) is 5.96. The van der Waals surface area contributed by atoms with Gasteiger partial charge in [0.05, 0.1) is 54.0 Å². The number of nitriles is 2. The van der Waals surface area contributed by atoms with Crippen LogP contribution in [0.15, 0.2) is 76.6 Å². The van der Waals surface area contributed by atoms with Crippen molar-refractivity contribution in [2.45, 2.75) is 13.0 Å². The van der Waals surface area contributed by atoms with Crippen molar-refractivity contribution in [2.75, 3.05) is 7.11 Å². The minimum Gasteiger partial charge on any atom is -0.497 e. The molecule has 0 radical (unpaired) electrons. The van der Waals surface area contributed by atoms with E-state index in [0.717, 1.165) is 16.0 Å². The highest BCUT2D eigenvalue weighted by molar-refractivity contribution is 5.90. The zero-order valence-corrected chi connectivity index (χ0v) is 19.6. The van der Waals surface area contributed by atoms with Crippen LogP contribution >= 0.6 is 0 Å². The second kappa shape index (κ2) is 9.40. The summed E-state index contributed by atoms with van der Waals surface area (Å²) in [7, 11) is 1.45. The van der Waals surface area contributed by atoms with Crippen molar-refractivity contribution in [1.82, 2.24) is 14.1 Å². The molecule has 0 aliphatic rings. The molecule has 0 spiro atoms. The van der Waals surface area contributed by atoms with Crippen LogP contribution in [0.2, 0.25) is 0 Å². The summed E-state index contributed by atoms with van der Waals surface area (Å²) < 4.78 is 23.0.